The average molecular weight is 674 g/mol. The molecule has 0 N–H and O–H groups in total. The highest BCUT2D eigenvalue weighted by Crippen LogP contribution is 2.41. The first-order valence-corrected chi connectivity index (χ1v) is 18.1. The van der Waals surface area contributed by atoms with Crippen molar-refractivity contribution in [2.45, 2.75) is 0 Å². The van der Waals surface area contributed by atoms with Crippen molar-refractivity contribution in [2.24, 2.45) is 0 Å². The fraction of sp³-hybridized carbons (Fsp3) is 0. The summed E-state index contributed by atoms with van der Waals surface area (Å²) in [6.07, 6.45) is 0. The van der Waals surface area contributed by atoms with Crippen molar-refractivity contribution in [3.8, 4) is 39.5 Å². The van der Waals surface area contributed by atoms with Crippen LogP contribution in [0, 0.1) is 0 Å². The van der Waals surface area contributed by atoms with Crippen LogP contribution in [0.15, 0.2) is 188 Å². The normalized spacial score (nSPS) is 11.8. The minimum Gasteiger partial charge on any atom is -0.278 e. The van der Waals surface area contributed by atoms with E-state index in [1.54, 1.807) is 0 Å². The molecule has 53 heavy (non-hydrogen) atoms. The van der Waals surface area contributed by atoms with E-state index in [9.17, 15) is 0 Å². The van der Waals surface area contributed by atoms with Gasteiger partial charge in [0.2, 0.25) is 5.95 Å². The Hall–Kier alpha value is -7.10. The Kier molecular flexibility index (Phi) is 6.55. The summed E-state index contributed by atoms with van der Waals surface area (Å²) in [6.45, 7) is 0. The Balaban J connectivity index is 1.19. The van der Waals surface area contributed by atoms with E-state index >= 15 is 0 Å². The lowest BCUT2D eigenvalue weighted by molar-refractivity contribution is 1.01. The van der Waals surface area contributed by atoms with Crippen LogP contribution in [0.4, 0.5) is 0 Å². The molecule has 0 unspecified atom stereocenters. The van der Waals surface area contributed by atoms with Crippen molar-refractivity contribution in [2.75, 3.05) is 0 Å². The molecule has 11 aromatic rings. The molecule has 11 rings (SSSR count). The van der Waals surface area contributed by atoms with Gasteiger partial charge in [-0.05, 0) is 91.0 Å². The van der Waals surface area contributed by atoms with E-state index in [2.05, 4.69) is 193 Å². The minimum atomic E-state index is 0.655. The third kappa shape index (κ3) is 4.68. The molecule has 9 aromatic carbocycles. The molecule has 3 nitrogen and oxygen atoms in total. The van der Waals surface area contributed by atoms with Crippen molar-refractivity contribution in [3.63, 3.8) is 0 Å². The second-order valence-corrected chi connectivity index (χ2v) is 13.8. The van der Waals surface area contributed by atoms with Crippen LogP contribution in [-0.4, -0.2) is 14.5 Å². The zero-order valence-electron chi connectivity index (χ0n) is 28.7. The largest absolute Gasteiger partial charge is 0.278 e. The van der Waals surface area contributed by atoms with Gasteiger partial charge in [-0.2, -0.15) is 0 Å². The van der Waals surface area contributed by atoms with E-state index in [-0.39, 0.29) is 0 Å². The quantitative estimate of drug-likeness (QED) is 0.174. The lowest BCUT2D eigenvalue weighted by atomic mass is 9.94. The predicted octanol–water partition coefficient (Wildman–Crippen LogP) is 13.2. The molecule has 0 spiro atoms. The molecule has 0 bridgehead atoms. The molecule has 2 aromatic heterocycles. The second-order valence-electron chi connectivity index (χ2n) is 13.8. The number of benzene rings is 9. The van der Waals surface area contributed by atoms with E-state index in [1.807, 2.05) is 0 Å². The Morgan fingerprint density at radius 1 is 0.321 bits per heavy atom. The van der Waals surface area contributed by atoms with Gasteiger partial charge in [0.05, 0.1) is 22.2 Å². The summed E-state index contributed by atoms with van der Waals surface area (Å²) in [5.74, 6) is 0.655. The molecule has 0 fully saturated rings. The van der Waals surface area contributed by atoms with Crippen molar-refractivity contribution < 1.29 is 0 Å². The van der Waals surface area contributed by atoms with Crippen LogP contribution in [0.25, 0.3) is 104 Å². The van der Waals surface area contributed by atoms with Gasteiger partial charge in [-0.1, -0.05) is 152 Å². The number of nitrogens with zero attached hydrogens (tertiary/aromatic N) is 3. The number of hydrogen-bond donors (Lipinski definition) is 0. The molecule has 3 heteroatoms. The third-order valence-corrected chi connectivity index (χ3v) is 10.8. The van der Waals surface area contributed by atoms with Gasteiger partial charge in [0.25, 0.3) is 0 Å². The average Bonchev–Trinajstić information content (AvgIpc) is 3.58. The summed E-state index contributed by atoms with van der Waals surface area (Å²) >= 11 is 0. The molecule has 246 valence electrons. The van der Waals surface area contributed by atoms with Crippen LogP contribution in [0.1, 0.15) is 0 Å². The fourth-order valence-electron chi connectivity index (χ4n) is 8.33. The van der Waals surface area contributed by atoms with E-state index in [1.165, 1.54) is 54.2 Å². The van der Waals surface area contributed by atoms with Gasteiger partial charge < -0.3 is 0 Å². The van der Waals surface area contributed by atoms with E-state index < -0.39 is 0 Å². The number of rotatable bonds is 4. The minimum absolute atomic E-state index is 0.655. The van der Waals surface area contributed by atoms with Gasteiger partial charge in [-0.25, -0.2) is 9.97 Å². The Labute approximate surface area is 306 Å². The molecule has 0 radical (unpaired) electrons. The summed E-state index contributed by atoms with van der Waals surface area (Å²) in [6, 6.07) is 67.4. The van der Waals surface area contributed by atoms with Crippen molar-refractivity contribution in [1.29, 1.82) is 0 Å². The molecule has 0 aliphatic rings. The molecular formula is C50H31N3. The van der Waals surface area contributed by atoms with Crippen LogP contribution in [0.5, 0.6) is 0 Å². The van der Waals surface area contributed by atoms with Crippen LogP contribution in [0.3, 0.4) is 0 Å². The first-order valence-electron chi connectivity index (χ1n) is 18.1. The smallest absolute Gasteiger partial charge is 0.235 e. The van der Waals surface area contributed by atoms with Crippen molar-refractivity contribution in [1.82, 2.24) is 14.5 Å². The Morgan fingerprint density at radius 2 is 0.868 bits per heavy atom. The van der Waals surface area contributed by atoms with Crippen LogP contribution in [-0.2, 0) is 0 Å². The SMILES string of the molecule is c1ccc(-c2cc(-c3ccccc3)cc(-c3nc(-n4c5ccccc5c5c6ccc7c8ccccc8ccc7c6ccc54)nc4ccccc34)c2)cc1. The summed E-state index contributed by atoms with van der Waals surface area (Å²) in [4.78, 5) is 10.8. The fourth-order valence-corrected chi connectivity index (χ4v) is 8.33. The second kappa shape index (κ2) is 11.7. The van der Waals surface area contributed by atoms with E-state index in [0.29, 0.717) is 5.95 Å². The first-order chi connectivity index (χ1) is 26.3. The summed E-state index contributed by atoms with van der Waals surface area (Å²) in [7, 11) is 0. The lowest BCUT2D eigenvalue weighted by Crippen LogP contribution is -2.03. The number of aromatic nitrogens is 3. The van der Waals surface area contributed by atoms with Gasteiger partial charge in [0.1, 0.15) is 0 Å². The van der Waals surface area contributed by atoms with Crippen molar-refractivity contribution >= 4 is 65.0 Å². The highest BCUT2D eigenvalue weighted by molar-refractivity contribution is 6.27. The summed E-state index contributed by atoms with van der Waals surface area (Å²) in [5.41, 5.74) is 9.66. The van der Waals surface area contributed by atoms with E-state index in [4.69, 9.17) is 9.97 Å². The maximum atomic E-state index is 5.50. The molecule has 0 saturated carbocycles. The highest BCUT2D eigenvalue weighted by Gasteiger charge is 2.20. The maximum absolute atomic E-state index is 5.50. The first kappa shape index (κ1) is 29.6. The predicted molar refractivity (Wildman–Crippen MR) is 223 cm³/mol. The maximum Gasteiger partial charge on any atom is 0.235 e. The van der Waals surface area contributed by atoms with Crippen LogP contribution in [0.2, 0.25) is 0 Å². The molecule has 0 aliphatic heterocycles. The van der Waals surface area contributed by atoms with Gasteiger partial charge in [-0.3, -0.25) is 4.57 Å². The van der Waals surface area contributed by atoms with Crippen LogP contribution < -0.4 is 0 Å². The van der Waals surface area contributed by atoms with Crippen molar-refractivity contribution in [3.05, 3.63) is 188 Å². The topological polar surface area (TPSA) is 30.7 Å². The zero-order chi connectivity index (χ0) is 34.9. The molecule has 0 saturated heterocycles. The van der Waals surface area contributed by atoms with Gasteiger partial charge in [0, 0.05) is 21.7 Å². The third-order valence-electron chi connectivity index (χ3n) is 10.8. The Morgan fingerprint density at radius 3 is 1.64 bits per heavy atom. The Bertz CT molecular complexity index is 3160. The molecule has 2 heterocycles. The van der Waals surface area contributed by atoms with Gasteiger partial charge >= 0.3 is 0 Å². The summed E-state index contributed by atoms with van der Waals surface area (Å²) in [5, 5.41) is 11.0. The monoisotopic (exact) mass is 673 g/mol. The lowest BCUT2D eigenvalue weighted by Gasteiger charge is -2.14. The standard InChI is InChI=1S/C50H31N3/c1-3-13-32(14-4-1)35-29-36(33-15-5-2-6-16-33)31-37(30-35)49-43-19-9-11-21-45(43)51-50(52-49)53-46-22-12-10-20-44(46)48-42-26-25-39-38-18-8-7-17-34(38)23-24-40(39)41(42)27-28-47(48)53/h1-31H. The summed E-state index contributed by atoms with van der Waals surface area (Å²) < 4.78 is 2.25. The molecular weight excluding hydrogens is 643 g/mol. The van der Waals surface area contributed by atoms with Crippen LogP contribution >= 0.6 is 0 Å². The number of hydrogen-bond acceptors (Lipinski definition) is 2. The molecule has 0 atom stereocenters. The number of fused-ring (bicyclic) bond motifs is 10. The molecule has 0 aliphatic carbocycles. The van der Waals surface area contributed by atoms with Gasteiger partial charge in [-0.15, -0.1) is 0 Å². The zero-order valence-corrected chi connectivity index (χ0v) is 28.7. The molecule has 0 amide bonds. The van der Waals surface area contributed by atoms with Gasteiger partial charge in [0.15, 0.2) is 0 Å². The highest BCUT2D eigenvalue weighted by atomic mass is 15.2. The van der Waals surface area contributed by atoms with E-state index in [0.717, 1.165) is 44.3 Å². The number of para-hydroxylation sites is 2.